The molecule has 0 saturated heterocycles. The van der Waals surface area contributed by atoms with E-state index in [0.29, 0.717) is 6.04 Å². The average molecular weight is 249 g/mol. The number of anilines is 1. The lowest BCUT2D eigenvalue weighted by Crippen LogP contribution is -2.32. The monoisotopic (exact) mass is 249 g/mol. The van der Waals surface area contributed by atoms with Crippen molar-refractivity contribution in [2.75, 3.05) is 18.5 Å². The Kier molecular flexibility index (Phi) is 6.73. The van der Waals surface area contributed by atoms with Gasteiger partial charge in [0, 0.05) is 25.3 Å². The normalized spacial score (nSPS) is 10.9. The van der Waals surface area contributed by atoms with Gasteiger partial charge < -0.3 is 10.2 Å². The minimum atomic E-state index is 0.499. The molecule has 0 unspecified atom stereocenters. The second-order valence-corrected chi connectivity index (χ2v) is 5.05. The van der Waals surface area contributed by atoms with Gasteiger partial charge >= 0.3 is 0 Å². The standard InChI is InChI=1S/C15H27N3/c1-5-6-7-10-18(13(2)3)15-11-14(12-16-4)8-9-17-15/h8-9,11,13,16H,5-7,10,12H2,1-4H3. The minimum absolute atomic E-state index is 0.499. The van der Waals surface area contributed by atoms with Gasteiger partial charge in [0.15, 0.2) is 0 Å². The Morgan fingerprint density at radius 2 is 2.11 bits per heavy atom. The van der Waals surface area contributed by atoms with Gasteiger partial charge in [0.05, 0.1) is 0 Å². The fourth-order valence-corrected chi connectivity index (χ4v) is 2.10. The smallest absolute Gasteiger partial charge is 0.129 e. The van der Waals surface area contributed by atoms with Crippen molar-refractivity contribution in [1.29, 1.82) is 0 Å². The van der Waals surface area contributed by atoms with Crippen LogP contribution in [-0.4, -0.2) is 24.6 Å². The quantitative estimate of drug-likeness (QED) is 0.717. The number of rotatable bonds is 8. The Bertz CT molecular complexity index is 336. The Morgan fingerprint density at radius 3 is 2.72 bits per heavy atom. The largest absolute Gasteiger partial charge is 0.354 e. The molecule has 0 aliphatic carbocycles. The van der Waals surface area contributed by atoms with Crippen molar-refractivity contribution in [3.63, 3.8) is 0 Å². The lowest BCUT2D eigenvalue weighted by Gasteiger charge is -2.28. The van der Waals surface area contributed by atoms with Gasteiger partial charge in [0.25, 0.3) is 0 Å². The number of hydrogen-bond donors (Lipinski definition) is 1. The minimum Gasteiger partial charge on any atom is -0.354 e. The van der Waals surface area contributed by atoms with Gasteiger partial charge in [-0.2, -0.15) is 0 Å². The molecular formula is C15H27N3. The molecule has 3 heteroatoms. The molecule has 1 aromatic rings. The zero-order valence-corrected chi connectivity index (χ0v) is 12.2. The summed E-state index contributed by atoms with van der Waals surface area (Å²) in [7, 11) is 1.97. The summed E-state index contributed by atoms with van der Waals surface area (Å²) in [6.07, 6.45) is 5.71. The predicted molar refractivity (Wildman–Crippen MR) is 79.0 cm³/mol. The summed E-state index contributed by atoms with van der Waals surface area (Å²) < 4.78 is 0. The summed E-state index contributed by atoms with van der Waals surface area (Å²) in [6.45, 7) is 8.71. The molecule has 1 heterocycles. The molecule has 0 fully saturated rings. The number of aromatic nitrogens is 1. The van der Waals surface area contributed by atoms with Crippen LogP contribution in [0.2, 0.25) is 0 Å². The molecule has 0 aromatic carbocycles. The van der Waals surface area contributed by atoms with Crippen LogP contribution in [0.4, 0.5) is 5.82 Å². The van der Waals surface area contributed by atoms with Crippen LogP contribution in [0, 0.1) is 0 Å². The van der Waals surface area contributed by atoms with Crippen LogP contribution in [0.3, 0.4) is 0 Å². The maximum Gasteiger partial charge on any atom is 0.129 e. The molecule has 1 N–H and O–H groups in total. The van der Waals surface area contributed by atoms with Gasteiger partial charge in [-0.3, -0.25) is 0 Å². The third-order valence-corrected chi connectivity index (χ3v) is 3.11. The van der Waals surface area contributed by atoms with Crippen LogP contribution in [0.25, 0.3) is 0 Å². The van der Waals surface area contributed by atoms with Crippen LogP contribution in [-0.2, 0) is 6.54 Å². The van der Waals surface area contributed by atoms with Crippen LogP contribution in [0.15, 0.2) is 18.3 Å². The van der Waals surface area contributed by atoms with Gasteiger partial charge in [0.1, 0.15) is 5.82 Å². The lowest BCUT2D eigenvalue weighted by atomic mass is 10.2. The van der Waals surface area contributed by atoms with Crippen molar-refractivity contribution in [3.05, 3.63) is 23.9 Å². The van der Waals surface area contributed by atoms with E-state index in [1.165, 1.54) is 24.8 Å². The average Bonchev–Trinajstić information content (AvgIpc) is 2.35. The highest BCUT2D eigenvalue weighted by atomic mass is 15.2. The van der Waals surface area contributed by atoms with E-state index in [0.717, 1.165) is 18.9 Å². The van der Waals surface area contributed by atoms with Crippen molar-refractivity contribution in [1.82, 2.24) is 10.3 Å². The van der Waals surface area contributed by atoms with Gasteiger partial charge in [-0.25, -0.2) is 4.98 Å². The van der Waals surface area contributed by atoms with Crippen molar-refractivity contribution in [3.8, 4) is 0 Å². The second-order valence-electron chi connectivity index (χ2n) is 5.05. The third kappa shape index (κ3) is 4.65. The topological polar surface area (TPSA) is 28.2 Å². The van der Waals surface area contributed by atoms with E-state index in [2.05, 4.69) is 48.1 Å². The van der Waals surface area contributed by atoms with Crippen molar-refractivity contribution >= 4 is 5.82 Å². The molecule has 0 amide bonds. The van der Waals surface area contributed by atoms with E-state index in [4.69, 9.17) is 0 Å². The highest BCUT2D eigenvalue weighted by Gasteiger charge is 2.11. The zero-order valence-electron chi connectivity index (χ0n) is 12.2. The zero-order chi connectivity index (χ0) is 13.4. The van der Waals surface area contributed by atoms with Crippen molar-refractivity contribution < 1.29 is 0 Å². The Hall–Kier alpha value is -1.09. The van der Waals surface area contributed by atoms with E-state index >= 15 is 0 Å². The van der Waals surface area contributed by atoms with E-state index in [1.807, 2.05) is 13.2 Å². The molecule has 18 heavy (non-hydrogen) atoms. The Balaban J connectivity index is 2.74. The van der Waals surface area contributed by atoms with Crippen LogP contribution in [0.1, 0.15) is 45.6 Å². The van der Waals surface area contributed by atoms with Gasteiger partial charge in [-0.05, 0) is 45.0 Å². The molecule has 0 radical (unpaired) electrons. The number of nitrogens with one attached hydrogen (secondary N) is 1. The van der Waals surface area contributed by atoms with Gasteiger partial charge in [0.2, 0.25) is 0 Å². The molecule has 1 rings (SSSR count). The highest BCUT2D eigenvalue weighted by molar-refractivity contribution is 5.41. The van der Waals surface area contributed by atoms with E-state index in [9.17, 15) is 0 Å². The van der Waals surface area contributed by atoms with Crippen LogP contribution < -0.4 is 10.2 Å². The molecular weight excluding hydrogens is 222 g/mol. The predicted octanol–water partition coefficient (Wildman–Crippen LogP) is 3.21. The summed E-state index contributed by atoms with van der Waals surface area (Å²) in [5.74, 6) is 1.11. The lowest BCUT2D eigenvalue weighted by molar-refractivity contribution is 0.619. The summed E-state index contributed by atoms with van der Waals surface area (Å²) in [5.41, 5.74) is 1.30. The number of unbranched alkanes of at least 4 members (excludes halogenated alkanes) is 2. The first-order valence-electron chi connectivity index (χ1n) is 7.05. The molecule has 0 spiro atoms. The summed E-state index contributed by atoms with van der Waals surface area (Å²) in [4.78, 5) is 6.92. The first-order chi connectivity index (χ1) is 8.69. The van der Waals surface area contributed by atoms with Crippen molar-refractivity contribution in [2.45, 2.75) is 52.6 Å². The molecule has 0 atom stereocenters. The fourth-order valence-electron chi connectivity index (χ4n) is 2.10. The Labute approximate surface area is 112 Å². The molecule has 0 aliphatic heterocycles. The van der Waals surface area contributed by atoms with E-state index in [1.54, 1.807) is 0 Å². The summed E-state index contributed by atoms with van der Waals surface area (Å²) in [6, 6.07) is 4.77. The van der Waals surface area contributed by atoms with Crippen LogP contribution >= 0.6 is 0 Å². The molecule has 0 bridgehead atoms. The summed E-state index contributed by atoms with van der Waals surface area (Å²) >= 11 is 0. The third-order valence-electron chi connectivity index (χ3n) is 3.11. The molecule has 0 aliphatic rings. The molecule has 102 valence electrons. The Morgan fingerprint density at radius 1 is 1.33 bits per heavy atom. The maximum atomic E-state index is 4.52. The number of pyridine rings is 1. The number of hydrogen-bond acceptors (Lipinski definition) is 3. The maximum absolute atomic E-state index is 4.52. The molecule has 0 saturated carbocycles. The molecule has 1 aromatic heterocycles. The van der Waals surface area contributed by atoms with Crippen LogP contribution in [0.5, 0.6) is 0 Å². The van der Waals surface area contributed by atoms with Gasteiger partial charge in [-0.1, -0.05) is 19.8 Å². The highest BCUT2D eigenvalue weighted by Crippen LogP contribution is 2.16. The first-order valence-corrected chi connectivity index (χ1v) is 7.05. The SMILES string of the molecule is CCCCCN(c1cc(CNC)ccn1)C(C)C. The summed E-state index contributed by atoms with van der Waals surface area (Å²) in [5, 5.41) is 3.19. The van der Waals surface area contributed by atoms with E-state index < -0.39 is 0 Å². The molecule has 3 nitrogen and oxygen atoms in total. The van der Waals surface area contributed by atoms with Crippen molar-refractivity contribution in [2.24, 2.45) is 0 Å². The van der Waals surface area contributed by atoms with E-state index in [-0.39, 0.29) is 0 Å². The fraction of sp³-hybridized carbons (Fsp3) is 0.667. The van der Waals surface area contributed by atoms with Gasteiger partial charge in [-0.15, -0.1) is 0 Å². The number of nitrogens with zero attached hydrogens (tertiary/aromatic N) is 2. The second kappa shape index (κ2) is 8.09. The first kappa shape index (κ1) is 15.0.